The van der Waals surface area contributed by atoms with E-state index in [2.05, 4.69) is 33.6 Å². The Morgan fingerprint density at radius 2 is 1.95 bits per heavy atom. The molecule has 1 aliphatic carbocycles. The molecule has 1 saturated carbocycles. The van der Waals surface area contributed by atoms with E-state index in [0.717, 1.165) is 37.3 Å². The highest BCUT2D eigenvalue weighted by atomic mass is 35.5. The van der Waals surface area contributed by atoms with Crippen molar-refractivity contribution in [2.24, 2.45) is 5.92 Å². The molecule has 0 spiro atoms. The van der Waals surface area contributed by atoms with Gasteiger partial charge in [0.2, 0.25) is 5.92 Å². The standard InChI is InChI=1S/C29H37ClF2N6O2/c1-4-22-15-36(26-24-27(35-28(39)34-26)37(18(3)33-24)16-23-6-5-11-40-23)17(2)14-38(22)25(20-12-29(31,32)13-20)19-7-9-21(30)10-8-19/h7-10,17,20,22-23,25H,4-6,11-16H2,1-3H3,(H,34,35,39)/t17-,22+,23-,25?/m0/s1. The topological polar surface area (TPSA) is 79.3 Å². The highest BCUT2D eigenvalue weighted by molar-refractivity contribution is 6.30. The van der Waals surface area contributed by atoms with Crippen molar-refractivity contribution in [3.8, 4) is 0 Å². The number of piperazine rings is 1. The van der Waals surface area contributed by atoms with Crippen LogP contribution in [0, 0.1) is 12.8 Å². The number of imidazole rings is 1. The van der Waals surface area contributed by atoms with Gasteiger partial charge in [-0.1, -0.05) is 30.7 Å². The predicted octanol–water partition coefficient (Wildman–Crippen LogP) is 5.34. The van der Waals surface area contributed by atoms with Crippen molar-refractivity contribution in [1.29, 1.82) is 0 Å². The van der Waals surface area contributed by atoms with Crippen molar-refractivity contribution in [3.05, 3.63) is 51.2 Å². The summed E-state index contributed by atoms with van der Waals surface area (Å²) in [6, 6.07) is 7.56. The van der Waals surface area contributed by atoms with Crippen molar-refractivity contribution < 1.29 is 13.5 Å². The van der Waals surface area contributed by atoms with Crippen LogP contribution in [0.3, 0.4) is 0 Å². The lowest BCUT2D eigenvalue weighted by molar-refractivity contribution is -0.137. The monoisotopic (exact) mass is 574 g/mol. The molecule has 1 unspecified atom stereocenters. The van der Waals surface area contributed by atoms with E-state index in [-0.39, 0.29) is 43.0 Å². The molecule has 0 bridgehead atoms. The maximum Gasteiger partial charge on any atom is 0.348 e. The molecule has 6 rings (SSSR count). The van der Waals surface area contributed by atoms with Crippen molar-refractivity contribution in [3.63, 3.8) is 0 Å². The Labute approximate surface area is 237 Å². The molecule has 11 heteroatoms. The van der Waals surface area contributed by atoms with Gasteiger partial charge in [0.25, 0.3) is 0 Å². The quantitative estimate of drug-likeness (QED) is 0.411. The van der Waals surface area contributed by atoms with Gasteiger partial charge in [-0.05, 0) is 56.7 Å². The molecule has 4 heterocycles. The summed E-state index contributed by atoms with van der Waals surface area (Å²) < 4.78 is 36.0. The first kappa shape index (κ1) is 27.6. The number of nitrogens with one attached hydrogen (secondary N) is 1. The molecule has 2 saturated heterocycles. The summed E-state index contributed by atoms with van der Waals surface area (Å²) in [7, 11) is 0. The molecule has 2 aromatic heterocycles. The third kappa shape index (κ3) is 5.14. The van der Waals surface area contributed by atoms with Gasteiger partial charge in [0.1, 0.15) is 17.0 Å². The fourth-order valence-electron chi connectivity index (χ4n) is 6.93. The molecule has 1 aromatic carbocycles. The molecule has 40 heavy (non-hydrogen) atoms. The van der Waals surface area contributed by atoms with E-state index in [1.165, 1.54) is 0 Å². The number of aromatic amines is 1. The third-order valence-corrected chi connectivity index (χ3v) is 9.23. The first-order valence-corrected chi connectivity index (χ1v) is 14.8. The Morgan fingerprint density at radius 3 is 2.60 bits per heavy atom. The zero-order chi connectivity index (χ0) is 28.2. The number of alkyl halides is 2. The average molecular weight is 575 g/mol. The summed E-state index contributed by atoms with van der Waals surface area (Å²) in [5.74, 6) is -1.35. The van der Waals surface area contributed by atoms with E-state index < -0.39 is 11.6 Å². The molecule has 8 nitrogen and oxygen atoms in total. The van der Waals surface area contributed by atoms with Crippen LogP contribution in [0.25, 0.3) is 11.2 Å². The van der Waals surface area contributed by atoms with E-state index in [0.29, 0.717) is 41.6 Å². The van der Waals surface area contributed by atoms with Crippen LogP contribution in [-0.2, 0) is 11.3 Å². The van der Waals surface area contributed by atoms with Gasteiger partial charge in [-0.15, -0.1) is 0 Å². The second-order valence-corrected chi connectivity index (χ2v) is 12.2. The van der Waals surface area contributed by atoms with Crippen LogP contribution in [-0.4, -0.2) is 68.2 Å². The lowest BCUT2D eigenvalue weighted by Crippen LogP contribution is -2.60. The van der Waals surface area contributed by atoms with Crippen LogP contribution < -0.4 is 10.6 Å². The second-order valence-electron chi connectivity index (χ2n) is 11.7. The molecule has 1 N–H and O–H groups in total. The summed E-state index contributed by atoms with van der Waals surface area (Å²) in [5, 5.41) is 0.630. The minimum Gasteiger partial charge on any atom is -0.376 e. The zero-order valence-electron chi connectivity index (χ0n) is 23.2. The number of nitrogens with zero attached hydrogens (tertiary/aromatic N) is 5. The highest BCUT2D eigenvalue weighted by Crippen LogP contribution is 2.51. The summed E-state index contributed by atoms with van der Waals surface area (Å²) in [6.45, 7) is 8.85. The fraction of sp³-hybridized carbons (Fsp3) is 0.621. The Hall–Kier alpha value is -2.56. The maximum atomic E-state index is 14.1. The van der Waals surface area contributed by atoms with Gasteiger partial charge in [-0.2, -0.15) is 4.98 Å². The van der Waals surface area contributed by atoms with Gasteiger partial charge in [0, 0.05) is 55.7 Å². The van der Waals surface area contributed by atoms with Gasteiger partial charge >= 0.3 is 5.69 Å². The fourth-order valence-corrected chi connectivity index (χ4v) is 7.06. The van der Waals surface area contributed by atoms with E-state index in [4.69, 9.17) is 21.3 Å². The van der Waals surface area contributed by atoms with Gasteiger partial charge in [0.05, 0.1) is 12.6 Å². The number of benzene rings is 1. The Kier molecular flexibility index (Phi) is 7.37. The predicted molar refractivity (Wildman–Crippen MR) is 151 cm³/mol. The summed E-state index contributed by atoms with van der Waals surface area (Å²) in [6.07, 6.45) is 2.74. The third-order valence-electron chi connectivity index (χ3n) is 8.98. The lowest BCUT2D eigenvalue weighted by atomic mass is 9.73. The smallest absolute Gasteiger partial charge is 0.348 e. The average Bonchev–Trinajstić information content (AvgIpc) is 3.52. The lowest BCUT2D eigenvalue weighted by Gasteiger charge is -2.53. The first-order valence-electron chi connectivity index (χ1n) is 14.4. The van der Waals surface area contributed by atoms with E-state index in [1.54, 1.807) is 0 Å². The molecule has 4 atom stereocenters. The van der Waals surface area contributed by atoms with E-state index >= 15 is 0 Å². The van der Waals surface area contributed by atoms with Crippen molar-refractivity contribution in [1.82, 2.24) is 24.4 Å². The number of halogens is 3. The molecule has 216 valence electrons. The first-order chi connectivity index (χ1) is 19.1. The number of fused-ring (bicyclic) bond motifs is 1. The van der Waals surface area contributed by atoms with Gasteiger partial charge in [-0.3, -0.25) is 9.88 Å². The van der Waals surface area contributed by atoms with Gasteiger partial charge in [0.15, 0.2) is 5.82 Å². The number of aromatic nitrogens is 4. The molecule has 0 amide bonds. The summed E-state index contributed by atoms with van der Waals surface area (Å²) in [5.41, 5.74) is 1.96. The van der Waals surface area contributed by atoms with Gasteiger partial charge < -0.3 is 14.2 Å². The number of rotatable bonds is 7. The molecule has 3 aliphatic rings. The molecular weight excluding hydrogens is 538 g/mol. The largest absolute Gasteiger partial charge is 0.376 e. The van der Waals surface area contributed by atoms with Crippen LogP contribution in [0.15, 0.2) is 29.1 Å². The second kappa shape index (κ2) is 10.7. The van der Waals surface area contributed by atoms with Gasteiger partial charge in [-0.25, -0.2) is 18.6 Å². The van der Waals surface area contributed by atoms with Crippen LogP contribution in [0.2, 0.25) is 5.02 Å². The molecule has 3 fully saturated rings. The Balaban J connectivity index is 1.33. The van der Waals surface area contributed by atoms with Crippen molar-refractivity contribution in [2.75, 3.05) is 24.6 Å². The van der Waals surface area contributed by atoms with Crippen LogP contribution in [0.4, 0.5) is 14.6 Å². The normalized spacial score (nSPS) is 26.4. The number of hydrogen-bond donors (Lipinski definition) is 1. The highest BCUT2D eigenvalue weighted by Gasteiger charge is 2.51. The van der Waals surface area contributed by atoms with Crippen LogP contribution in [0.1, 0.15) is 63.4 Å². The number of H-pyrrole nitrogens is 1. The number of hydrogen-bond acceptors (Lipinski definition) is 6. The van der Waals surface area contributed by atoms with Crippen LogP contribution in [0.5, 0.6) is 0 Å². The number of ether oxygens (including phenoxy) is 1. The van der Waals surface area contributed by atoms with E-state index in [1.807, 2.05) is 35.8 Å². The van der Waals surface area contributed by atoms with Crippen molar-refractivity contribution in [2.45, 2.75) is 89.6 Å². The van der Waals surface area contributed by atoms with Crippen LogP contribution >= 0.6 is 11.6 Å². The van der Waals surface area contributed by atoms with E-state index in [9.17, 15) is 13.6 Å². The Morgan fingerprint density at radius 1 is 1.20 bits per heavy atom. The minimum atomic E-state index is -2.61. The van der Waals surface area contributed by atoms with Crippen molar-refractivity contribution >= 4 is 28.6 Å². The zero-order valence-corrected chi connectivity index (χ0v) is 24.0. The summed E-state index contributed by atoms with van der Waals surface area (Å²) in [4.78, 5) is 29.6. The molecule has 0 radical (unpaired) electrons. The Bertz CT molecular complexity index is 1410. The minimum absolute atomic E-state index is 0.0145. The molecular formula is C29H37ClF2N6O2. The maximum absolute atomic E-state index is 14.1. The SMILES string of the molecule is CC[C@@H]1CN(c2nc(=O)[nH]c3c2nc(C)n3C[C@@H]2CCCO2)[C@@H](C)CN1C(c1ccc(Cl)cc1)C1CC(F)(F)C1. The number of anilines is 1. The molecule has 3 aromatic rings. The number of aryl methyl sites for hydroxylation is 1. The summed E-state index contributed by atoms with van der Waals surface area (Å²) >= 11 is 6.17. The molecule has 2 aliphatic heterocycles.